The number of hydrogen-bond donors (Lipinski definition) is 2. The van der Waals surface area contributed by atoms with E-state index >= 15 is 0 Å². The molecular formula is C19H27FN2O2. The molecule has 4 nitrogen and oxygen atoms in total. The Morgan fingerprint density at radius 3 is 2.92 bits per heavy atom. The third kappa shape index (κ3) is 4.07. The molecule has 0 aromatic heterocycles. The average molecular weight is 334 g/mol. The van der Waals surface area contributed by atoms with Crippen LogP contribution in [0.4, 0.5) is 9.18 Å². The fraction of sp³-hybridized carbons (Fsp3) is 0.632. The molecule has 24 heavy (non-hydrogen) atoms. The Morgan fingerprint density at radius 1 is 1.33 bits per heavy atom. The van der Waals surface area contributed by atoms with Crippen molar-refractivity contribution in [1.82, 2.24) is 10.2 Å². The first-order valence-corrected chi connectivity index (χ1v) is 8.97. The number of carbonyl (C=O) groups is 1. The Kier molecular flexibility index (Phi) is 5.39. The van der Waals surface area contributed by atoms with E-state index in [0.717, 1.165) is 37.8 Å². The number of hydrogen-bond acceptors (Lipinski definition) is 2. The van der Waals surface area contributed by atoms with Crippen LogP contribution in [-0.4, -0.2) is 41.8 Å². The van der Waals surface area contributed by atoms with Gasteiger partial charge in [-0.3, -0.25) is 0 Å². The first-order chi connectivity index (χ1) is 11.5. The topological polar surface area (TPSA) is 52.6 Å². The Balaban J connectivity index is 1.54. The molecule has 132 valence electrons. The van der Waals surface area contributed by atoms with Crippen LogP contribution in [0.1, 0.15) is 44.1 Å². The van der Waals surface area contributed by atoms with Crippen LogP contribution < -0.4 is 5.32 Å². The number of aliphatic hydroxyl groups excluding tert-OH is 1. The van der Waals surface area contributed by atoms with Crippen LogP contribution >= 0.6 is 0 Å². The number of urea groups is 1. The molecular weight excluding hydrogens is 307 g/mol. The standard InChI is InChI=1S/C19H27FN2O2/c1-13-7-14(12-23)11-22(10-13)19(24)21-18-6-5-16(9-18)15-3-2-4-17(20)8-15/h2-4,8,13-14,16,18,23H,5-7,9-12H2,1H3,(H,21,24). The molecule has 1 aliphatic heterocycles. The lowest BCUT2D eigenvalue weighted by Gasteiger charge is -2.36. The number of piperidine rings is 1. The van der Waals surface area contributed by atoms with Crippen LogP contribution in [0.2, 0.25) is 0 Å². The summed E-state index contributed by atoms with van der Waals surface area (Å²) in [5.41, 5.74) is 1.03. The molecule has 4 atom stereocenters. The predicted octanol–water partition coefficient (Wildman–Crippen LogP) is 3.12. The molecule has 5 heteroatoms. The highest BCUT2D eigenvalue weighted by molar-refractivity contribution is 5.74. The fourth-order valence-electron chi connectivity index (χ4n) is 4.22. The SMILES string of the molecule is CC1CC(CO)CN(C(=O)NC2CCC(c3cccc(F)c3)C2)C1. The lowest BCUT2D eigenvalue weighted by molar-refractivity contribution is 0.103. The molecule has 0 radical (unpaired) electrons. The number of nitrogens with zero attached hydrogens (tertiary/aromatic N) is 1. The third-order valence-corrected chi connectivity index (χ3v) is 5.37. The van der Waals surface area contributed by atoms with Gasteiger partial charge in [0.25, 0.3) is 0 Å². The van der Waals surface area contributed by atoms with Gasteiger partial charge in [-0.2, -0.15) is 0 Å². The molecule has 1 aromatic rings. The summed E-state index contributed by atoms with van der Waals surface area (Å²) in [4.78, 5) is 14.4. The summed E-state index contributed by atoms with van der Waals surface area (Å²) < 4.78 is 13.4. The van der Waals surface area contributed by atoms with Crippen molar-refractivity contribution in [3.8, 4) is 0 Å². The smallest absolute Gasteiger partial charge is 0.317 e. The van der Waals surface area contributed by atoms with Crippen molar-refractivity contribution in [2.24, 2.45) is 11.8 Å². The van der Waals surface area contributed by atoms with E-state index in [2.05, 4.69) is 12.2 Å². The monoisotopic (exact) mass is 334 g/mol. The van der Waals surface area contributed by atoms with Crippen LogP contribution in [0.15, 0.2) is 24.3 Å². The number of benzene rings is 1. The van der Waals surface area contributed by atoms with Crippen LogP contribution in [0.5, 0.6) is 0 Å². The van der Waals surface area contributed by atoms with Crippen LogP contribution in [0.25, 0.3) is 0 Å². The maximum atomic E-state index is 13.4. The number of aliphatic hydroxyl groups is 1. The molecule has 4 unspecified atom stereocenters. The highest BCUT2D eigenvalue weighted by atomic mass is 19.1. The van der Waals surface area contributed by atoms with Crippen molar-refractivity contribution >= 4 is 6.03 Å². The zero-order valence-corrected chi connectivity index (χ0v) is 14.2. The molecule has 1 aliphatic carbocycles. The van der Waals surface area contributed by atoms with Crippen molar-refractivity contribution < 1.29 is 14.3 Å². The van der Waals surface area contributed by atoms with Crippen LogP contribution in [0.3, 0.4) is 0 Å². The lowest BCUT2D eigenvalue weighted by atomic mass is 9.91. The highest BCUT2D eigenvalue weighted by Gasteiger charge is 2.31. The normalized spacial score (nSPS) is 30.4. The summed E-state index contributed by atoms with van der Waals surface area (Å²) in [5.74, 6) is 0.724. The summed E-state index contributed by atoms with van der Waals surface area (Å²) in [6.45, 7) is 3.64. The number of halogens is 1. The van der Waals surface area contributed by atoms with E-state index < -0.39 is 0 Å². The van der Waals surface area contributed by atoms with Gasteiger partial charge in [-0.25, -0.2) is 9.18 Å². The molecule has 1 saturated heterocycles. The minimum atomic E-state index is -0.197. The van der Waals surface area contributed by atoms with Crippen molar-refractivity contribution in [2.75, 3.05) is 19.7 Å². The molecule has 0 bridgehead atoms. The van der Waals surface area contributed by atoms with E-state index in [-0.39, 0.29) is 30.4 Å². The van der Waals surface area contributed by atoms with Crippen molar-refractivity contribution in [3.63, 3.8) is 0 Å². The number of likely N-dealkylation sites (tertiary alicyclic amines) is 1. The van der Waals surface area contributed by atoms with Crippen molar-refractivity contribution in [3.05, 3.63) is 35.6 Å². The molecule has 1 heterocycles. The van der Waals surface area contributed by atoms with Gasteiger partial charge in [0.1, 0.15) is 5.82 Å². The zero-order chi connectivity index (χ0) is 17.1. The summed E-state index contributed by atoms with van der Waals surface area (Å²) >= 11 is 0. The first kappa shape index (κ1) is 17.2. The molecule has 1 saturated carbocycles. The predicted molar refractivity (Wildman–Crippen MR) is 91.2 cm³/mol. The zero-order valence-electron chi connectivity index (χ0n) is 14.2. The molecule has 2 aliphatic rings. The number of rotatable bonds is 3. The van der Waals surface area contributed by atoms with Gasteiger partial charge >= 0.3 is 6.03 Å². The van der Waals surface area contributed by atoms with Gasteiger partial charge in [-0.1, -0.05) is 19.1 Å². The van der Waals surface area contributed by atoms with Gasteiger partial charge in [-0.05, 0) is 61.1 Å². The third-order valence-electron chi connectivity index (χ3n) is 5.37. The summed E-state index contributed by atoms with van der Waals surface area (Å²) in [6, 6.07) is 6.91. The Hall–Kier alpha value is -1.62. The minimum Gasteiger partial charge on any atom is -0.396 e. The number of amides is 2. The largest absolute Gasteiger partial charge is 0.396 e. The van der Waals surface area contributed by atoms with Gasteiger partial charge in [0.05, 0.1) is 0 Å². The second kappa shape index (κ2) is 7.51. The summed E-state index contributed by atoms with van der Waals surface area (Å²) in [5, 5.41) is 12.5. The van der Waals surface area contributed by atoms with Crippen LogP contribution in [-0.2, 0) is 0 Å². The van der Waals surface area contributed by atoms with Crippen molar-refractivity contribution in [1.29, 1.82) is 0 Å². The minimum absolute atomic E-state index is 0.0232. The molecule has 3 rings (SSSR count). The second-order valence-corrected chi connectivity index (χ2v) is 7.51. The van der Waals surface area contributed by atoms with Crippen molar-refractivity contribution in [2.45, 2.75) is 44.6 Å². The Bertz CT molecular complexity index is 580. The molecule has 2 N–H and O–H groups in total. The van der Waals surface area contributed by atoms with Crippen LogP contribution in [0, 0.1) is 17.7 Å². The van der Waals surface area contributed by atoms with E-state index in [0.29, 0.717) is 18.4 Å². The molecule has 2 amide bonds. The quantitative estimate of drug-likeness (QED) is 0.892. The average Bonchev–Trinajstić information content (AvgIpc) is 3.02. The first-order valence-electron chi connectivity index (χ1n) is 8.97. The maximum Gasteiger partial charge on any atom is 0.317 e. The summed E-state index contributed by atoms with van der Waals surface area (Å²) in [7, 11) is 0. The summed E-state index contributed by atoms with van der Waals surface area (Å²) in [6.07, 6.45) is 3.75. The highest BCUT2D eigenvalue weighted by Crippen LogP contribution is 2.34. The van der Waals surface area contributed by atoms with Gasteiger partial charge in [0.15, 0.2) is 0 Å². The second-order valence-electron chi connectivity index (χ2n) is 7.51. The fourth-order valence-corrected chi connectivity index (χ4v) is 4.22. The molecule has 2 fully saturated rings. The maximum absolute atomic E-state index is 13.4. The number of carbonyl (C=O) groups excluding carboxylic acids is 1. The number of nitrogens with one attached hydrogen (secondary N) is 1. The lowest BCUT2D eigenvalue weighted by Crippen LogP contribution is -2.50. The Labute approximate surface area is 143 Å². The van der Waals surface area contributed by atoms with Gasteiger partial charge < -0.3 is 15.3 Å². The Morgan fingerprint density at radius 2 is 2.17 bits per heavy atom. The van der Waals surface area contributed by atoms with Gasteiger partial charge in [0.2, 0.25) is 0 Å². The van der Waals surface area contributed by atoms with Gasteiger partial charge in [0, 0.05) is 25.7 Å². The van der Waals surface area contributed by atoms with E-state index in [4.69, 9.17) is 0 Å². The van der Waals surface area contributed by atoms with E-state index in [1.54, 1.807) is 12.1 Å². The van der Waals surface area contributed by atoms with E-state index in [1.807, 2.05) is 11.0 Å². The van der Waals surface area contributed by atoms with E-state index in [9.17, 15) is 14.3 Å². The molecule has 1 aromatic carbocycles. The van der Waals surface area contributed by atoms with E-state index in [1.165, 1.54) is 6.07 Å². The van der Waals surface area contributed by atoms with Gasteiger partial charge in [-0.15, -0.1) is 0 Å². The molecule has 0 spiro atoms.